The minimum Gasteiger partial charge on any atom is -0.413 e. The van der Waals surface area contributed by atoms with Gasteiger partial charge in [0, 0.05) is 6.61 Å². The SMILES string of the molecule is CCCOCC(C)OCC(C)OCC(C)O[Si](C)(C)C. The number of rotatable bonds is 12. The lowest BCUT2D eigenvalue weighted by Crippen LogP contribution is -2.34. The summed E-state index contributed by atoms with van der Waals surface area (Å²) in [5.74, 6) is 0. The molecule has 0 N–H and O–H groups in total. The topological polar surface area (TPSA) is 36.9 Å². The van der Waals surface area contributed by atoms with E-state index < -0.39 is 8.32 Å². The first kappa shape index (κ1) is 20.1. The molecular weight excluding hydrogens is 272 g/mol. The largest absolute Gasteiger partial charge is 0.413 e. The Morgan fingerprint density at radius 3 is 1.80 bits per heavy atom. The molecule has 0 aromatic rings. The van der Waals surface area contributed by atoms with Crippen LogP contribution in [0.3, 0.4) is 0 Å². The van der Waals surface area contributed by atoms with E-state index in [1.165, 1.54) is 0 Å². The van der Waals surface area contributed by atoms with Crippen molar-refractivity contribution >= 4 is 8.32 Å². The van der Waals surface area contributed by atoms with E-state index in [4.69, 9.17) is 18.6 Å². The normalized spacial score (nSPS) is 16.9. The summed E-state index contributed by atoms with van der Waals surface area (Å²) in [5.41, 5.74) is 0. The summed E-state index contributed by atoms with van der Waals surface area (Å²) in [6, 6.07) is 0. The third-order valence-corrected chi connectivity index (χ3v) is 3.60. The standard InChI is InChI=1S/C15H34O4Si/c1-8-9-16-10-13(2)17-11-14(3)18-12-15(4)19-20(5,6)7/h13-15H,8-12H2,1-7H3. The van der Waals surface area contributed by atoms with Crippen molar-refractivity contribution in [2.45, 2.75) is 72.1 Å². The Labute approximate surface area is 126 Å². The molecule has 0 rings (SSSR count). The lowest BCUT2D eigenvalue weighted by atomic mass is 10.4. The number of ether oxygens (including phenoxy) is 3. The number of hydrogen-bond donors (Lipinski definition) is 0. The second-order valence-electron chi connectivity index (χ2n) is 6.40. The van der Waals surface area contributed by atoms with Crippen LogP contribution < -0.4 is 0 Å². The second-order valence-corrected chi connectivity index (χ2v) is 10.9. The Balaban J connectivity index is 3.65. The fourth-order valence-electron chi connectivity index (χ4n) is 1.73. The minimum absolute atomic E-state index is 0.0799. The van der Waals surface area contributed by atoms with Gasteiger partial charge in [-0.3, -0.25) is 0 Å². The first-order valence-electron chi connectivity index (χ1n) is 7.73. The molecular formula is C15H34O4Si. The van der Waals surface area contributed by atoms with Gasteiger partial charge in [-0.2, -0.15) is 0 Å². The zero-order valence-electron chi connectivity index (χ0n) is 14.4. The molecule has 0 fully saturated rings. The molecule has 20 heavy (non-hydrogen) atoms. The van der Waals surface area contributed by atoms with Gasteiger partial charge in [-0.1, -0.05) is 6.92 Å². The summed E-state index contributed by atoms with van der Waals surface area (Å²) in [6.07, 6.45) is 1.38. The summed E-state index contributed by atoms with van der Waals surface area (Å²) >= 11 is 0. The second kappa shape index (κ2) is 10.7. The van der Waals surface area contributed by atoms with Crippen molar-refractivity contribution in [2.24, 2.45) is 0 Å². The van der Waals surface area contributed by atoms with E-state index >= 15 is 0 Å². The van der Waals surface area contributed by atoms with Crippen LogP contribution in [0.5, 0.6) is 0 Å². The van der Waals surface area contributed by atoms with Crippen molar-refractivity contribution in [3.05, 3.63) is 0 Å². The Morgan fingerprint density at radius 1 is 0.800 bits per heavy atom. The molecule has 122 valence electrons. The highest BCUT2D eigenvalue weighted by molar-refractivity contribution is 6.69. The zero-order chi connectivity index (χ0) is 15.6. The van der Waals surface area contributed by atoms with Gasteiger partial charge in [-0.25, -0.2) is 0 Å². The van der Waals surface area contributed by atoms with Gasteiger partial charge in [0.05, 0.1) is 38.1 Å². The predicted octanol–water partition coefficient (Wildman–Crippen LogP) is 3.46. The zero-order valence-corrected chi connectivity index (χ0v) is 15.4. The number of hydrogen-bond acceptors (Lipinski definition) is 4. The van der Waals surface area contributed by atoms with Gasteiger partial charge in [-0.15, -0.1) is 0 Å². The van der Waals surface area contributed by atoms with E-state index in [-0.39, 0.29) is 18.3 Å². The summed E-state index contributed by atoms with van der Waals surface area (Å²) < 4.78 is 22.8. The molecule has 0 heterocycles. The van der Waals surface area contributed by atoms with Crippen LogP contribution in [0.4, 0.5) is 0 Å². The van der Waals surface area contributed by atoms with Gasteiger partial charge in [0.25, 0.3) is 0 Å². The molecule has 0 bridgehead atoms. The third-order valence-electron chi connectivity index (χ3n) is 2.49. The molecule has 0 spiro atoms. The van der Waals surface area contributed by atoms with Crippen LogP contribution in [0, 0.1) is 0 Å². The van der Waals surface area contributed by atoms with Gasteiger partial charge < -0.3 is 18.6 Å². The molecule has 0 saturated carbocycles. The van der Waals surface area contributed by atoms with Crippen molar-refractivity contribution in [2.75, 3.05) is 26.4 Å². The van der Waals surface area contributed by atoms with Crippen LogP contribution in [0.1, 0.15) is 34.1 Å². The van der Waals surface area contributed by atoms with Crippen molar-refractivity contribution in [1.82, 2.24) is 0 Å². The maximum absolute atomic E-state index is 5.93. The summed E-state index contributed by atoms with van der Waals surface area (Å²) in [7, 11) is -1.48. The lowest BCUT2D eigenvalue weighted by molar-refractivity contribution is -0.0681. The van der Waals surface area contributed by atoms with Crippen LogP contribution in [-0.4, -0.2) is 53.1 Å². The smallest absolute Gasteiger partial charge is 0.184 e. The molecule has 0 radical (unpaired) electrons. The first-order valence-corrected chi connectivity index (χ1v) is 11.1. The molecule has 5 heteroatoms. The van der Waals surface area contributed by atoms with Crippen LogP contribution in [0.15, 0.2) is 0 Å². The van der Waals surface area contributed by atoms with Gasteiger partial charge in [0.1, 0.15) is 0 Å². The van der Waals surface area contributed by atoms with Gasteiger partial charge >= 0.3 is 0 Å². The molecule has 0 aliphatic carbocycles. The quantitative estimate of drug-likeness (QED) is 0.409. The molecule has 3 unspecified atom stereocenters. The molecule has 3 atom stereocenters. The fraction of sp³-hybridized carbons (Fsp3) is 1.00. The van der Waals surface area contributed by atoms with Crippen LogP contribution in [0.25, 0.3) is 0 Å². The highest BCUT2D eigenvalue weighted by Gasteiger charge is 2.19. The molecule has 4 nitrogen and oxygen atoms in total. The van der Waals surface area contributed by atoms with E-state index in [9.17, 15) is 0 Å². The molecule has 0 saturated heterocycles. The fourth-order valence-corrected chi connectivity index (χ4v) is 3.00. The molecule has 0 aliphatic rings. The highest BCUT2D eigenvalue weighted by atomic mass is 28.4. The molecule has 0 amide bonds. The van der Waals surface area contributed by atoms with Crippen LogP contribution in [-0.2, 0) is 18.6 Å². The van der Waals surface area contributed by atoms with E-state index in [2.05, 4.69) is 33.5 Å². The molecule has 0 aromatic carbocycles. The maximum Gasteiger partial charge on any atom is 0.184 e. The average molecular weight is 307 g/mol. The molecule has 0 aromatic heterocycles. The van der Waals surface area contributed by atoms with Crippen molar-refractivity contribution in [3.8, 4) is 0 Å². The Hall–Kier alpha value is 0.0569. The van der Waals surface area contributed by atoms with Gasteiger partial charge in [0.2, 0.25) is 0 Å². The van der Waals surface area contributed by atoms with E-state index in [1.807, 2.05) is 13.8 Å². The molecule has 0 aliphatic heterocycles. The van der Waals surface area contributed by atoms with Crippen molar-refractivity contribution < 1.29 is 18.6 Å². The Morgan fingerprint density at radius 2 is 1.30 bits per heavy atom. The van der Waals surface area contributed by atoms with Crippen molar-refractivity contribution in [1.29, 1.82) is 0 Å². The third kappa shape index (κ3) is 13.1. The van der Waals surface area contributed by atoms with Crippen LogP contribution in [0.2, 0.25) is 19.6 Å². The van der Waals surface area contributed by atoms with E-state index in [0.29, 0.717) is 19.8 Å². The predicted molar refractivity (Wildman–Crippen MR) is 85.8 cm³/mol. The summed E-state index contributed by atoms with van der Waals surface area (Å²) in [6.45, 7) is 17.4. The first-order chi connectivity index (χ1) is 9.24. The lowest BCUT2D eigenvalue weighted by Gasteiger charge is -2.25. The summed E-state index contributed by atoms with van der Waals surface area (Å²) in [4.78, 5) is 0. The van der Waals surface area contributed by atoms with Gasteiger partial charge in [-0.05, 0) is 46.8 Å². The summed E-state index contributed by atoms with van der Waals surface area (Å²) in [5, 5.41) is 0. The Kier molecular flexibility index (Phi) is 10.8. The average Bonchev–Trinajstić information content (AvgIpc) is 2.32. The maximum atomic E-state index is 5.93. The highest BCUT2D eigenvalue weighted by Crippen LogP contribution is 2.08. The van der Waals surface area contributed by atoms with Crippen molar-refractivity contribution in [3.63, 3.8) is 0 Å². The van der Waals surface area contributed by atoms with E-state index in [1.54, 1.807) is 0 Å². The van der Waals surface area contributed by atoms with Crippen LogP contribution >= 0.6 is 0 Å². The van der Waals surface area contributed by atoms with E-state index in [0.717, 1.165) is 13.0 Å². The Bertz CT molecular complexity index is 230. The monoisotopic (exact) mass is 306 g/mol. The van der Waals surface area contributed by atoms with Gasteiger partial charge in [0.15, 0.2) is 8.32 Å². The minimum atomic E-state index is -1.48.